The van der Waals surface area contributed by atoms with Crippen molar-refractivity contribution >= 4 is 5.91 Å². The molecule has 1 aromatic carbocycles. The number of aliphatic hydroxyl groups is 1. The third-order valence-electron chi connectivity index (χ3n) is 5.69. The van der Waals surface area contributed by atoms with E-state index in [4.69, 9.17) is 9.47 Å². The van der Waals surface area contributed by atoms with E-state index in [0.717, 1.165) is 43.5 Å². The number of aromatic nitrogens is 1. The van der Waals surface area contributed by atoms with Gasteiger partial charge in [-0.25, -0.2) is 0 Å². The standard InChI is InChI=1S/C22H27N3O5/c26-13-17-4-2-1-3-9-25(17)12-16-6-7-18(22(28)24-16)21(27)23-11-15-5-8-19-20(10-15)30-14-29-19/h5-8,10,17,26H,1-4,9,11-14H2,(H,23,27)(H,24,28)/t17-/m1/s1. The summed E-state index contributed by atoms with van der Waals surface area (Å²) in [6, 6.07) is 8.91. The number of carbonyl (C=O) groups is 1. The number of carbonyl (C=O) groups excluding carboxylic acids is 1. The number of nitrogens with zero attached hydrogens (tertiary/aromatic N) is 1. The van der Waals surface area contributed by atoms with Crippen molar-refractivity contribution in [2.24, 2.45) is 0 Å². The second kappa shape index (κ2) is 9.32. The van der Waals surface area contributed by atoms with Crippen molar-refractivity contribution in [1.82, 2.24) is 15.2 Å². The molecule has 2 aliphatic heterocycles. The number of rotatable bonds is 6. The van der Waals surface area contributed by atoms with E-state index in [1.165, 1.54) is 0 Å². The predicted octanol–water partition coefficient (Wildman–Crippen LogP) is 1.77. The van der Waals surface area contributed by atoms with Gasteiger partial charge in [0.15, 0.2) is 11.5 Å². The van der Waals surface area contributed by atoms with Crippen molar-refractivity contribution in [1.29, 1.82) is 0 Å². The fourth-order valence-corrected chi connectivity index (χ4v) is 3.98. The molecule has 2 aliphatic rings. The van der Waals surface area contributed by atoms with Gasteiger partial charge in [0.05, 0.1) is 6.61 Å². The molecule has 3 N–H and O–H groups in total. The molecule has 0 spiro atoms. The molecular weight excluding hydrogens is 386 g/mol. The molecule has 8 nitrogen and oxygen atoms in total. The number of likely N-dealkylation sites (tertiary alicyclic amines) is 1. The van der Waals surface area contributed by atoms with Crippen LogP contribution in [-0.4, -0.2) is 46.9 Å². The molecular formula is C22H27N3O5. The molecule has 4 rings (SSSR count). The number of fused-ring (bicyclic) bond motifs is 1. The van der Waals surface area contributed by atoms with Crippen LogP contribution in [0.25, 0.3) is 0 Å². The monoisotopic (exact) mass is 413 g/mol. The van der Waals surface area contributed by atoms with Crippen LogP contribution in [0, 0.1) is 0 Å². The number of hydrogen-bond donors (Lipinski definition) is 3. The topological polar surface area (TPSA) is 104 Å². The number of pyridine rings is 1. The van der Waals surface area contributed by atoms with Gasteiger partial charge in [0.1, 0.15) is 5.56 Å². The predicted molar refractivity (Wildman–Crippen MR) is 111 cm³/mol. The van der Waals surface area contributed by atoms with Crippen LogP contribution in [0.5, 0.6) is 11.5 Å². The molecule has 1 atom stereocenters. The maximum atomic E-state index is 12.5. The minimum atomic E-state index is -0.427. The van der Waals surface area contributed by atoms with Gasteiger partial charge in [0.2, 0.25) is 6.79 Å². The molecule has 0 aliphatic carbocycles. The molecule has 160 valence electrons. The van der Waals surface area contributed by atoms with Gasteiger partial charge >= 0.3 is 0 Å². The van der Waals surface area contributed by atoms with Gasteiger partial charge in [-0.1, -0.05) is 18.9 Å². The molecule has 0 saturated carbocycles. The minimum Gasteiger partial charge on any atom is -0.454 e. The van der Waals surface area contributed by atoms with Gasteiger partial charge in [0.25, 0.3) is 11.5 Å². The lowest BCUT2D eigenvalue weighted by Gasteiger charge is -2.28. The molecule has 1 saturated heterocycles. The zero-order valence-electron chi connectivity index (χ0n) is 16.9. The number of H-pyrrole nitrogens is 1. The Morgan fingerprint density at radius 1 is 1.17 bits per heavy atom. The van der Waals surface area contributed by atoms with Crippen molar-refractivity contribution in [2.75, 3.05) is 19.9 Å². The second-order valence-corrected chi connectivity index (χ2v) is 7.75. The summed E-state index contributed by atoms with van der Waals surface area (Å²) in [5.41, 5.74) is 1.27. The van der Waals surface area contributed by atoms with Crippen molar-refractivity contribution in [3.8, 4) is 11.5 Å². The summed E-state index contributed by atoms with van der Waals surface area (Å²) in [7, 11) is 0. The lowest BCUT2D eigenvalue weighted by atomic mass is 10.1. The smallest absolute Gasteiger partial charge is 0.261 e. The summed E-state index contributed by atoms with van der Waals surface area (Å²) in [5.74, 6) is 0.909. The highest BCUT2D eigenvalue weighted by Gasteiger charge is 2.21. The number of aliphatic hydroxyl groups excluding tert-OH is 1. The van der Waals surface area contributed by atoms with Gasteiger partial charge in [-0.3, -0.25) is 14.5 Å². The normalized spacial score (nSPS) is 18.8. The van der Waals surface area contributed by atoms with Crippen LogP contribution in [0.4, 0.5) is 0 Å². The van der Waals surface area contributed by atoms with Gasteiger partial charge in [-0.15, -0.1) is 0 Å². The Kier molecular flexibility index (Phi) is 6.35. The molecule has 0 radical (unpaired) electrons. The average Bonchev–Trinajstić information content (AvgIpc) is 3.10. The van der Waals surface area contributed by atoms with Gasteiger partial charge in [-0.2, -0.15) is 0 Å². The number of amides is 1. The van der Waals surface area contributed by atoms with Crippen LogP contribution >= 0.6 is 0 Å². The Balaban J connectivity index is 1.38. The molecule has 2 aromatic rings. The fraction of sp³-hybridized carbons (Fsp3) is 0.455. The summed E-state index contributed by atoms with van der Waals surface area (Å²) < 4.78 is 10.6. The van der Waals surface area contributed by atoms with Crippen LogP contribution in [0.15, 0.2) is 35.1 Å². The molecule has 1 aromatic heterocycles. The fourth-order valence-electron chi connectivity index (χ4n) is 3.98. The highest BCUT2D eigenvalue weighted by atomic mass is 16.7. The Bertz CT molecular complexity index is 958. The molecule has 3 heterocycles. The van der Waals surface area contributed by atoms with Crippen LogP contribution in [-0.2, 0) is 13.1 Å². The Morgan fingerprint density at radius 3 is 2.87 bits per heavy atom. The van der Waals surface area contributed by atoms with Gasteiger partial charge in [0, 0.05) is 24.8 Å². The van der Waals surface area contributed by atoms with E-state index >= 15 is 0 Å². The van der Waals surface area contributed by atoms with E-state index in [9.17, 15) is 14.7 Å². The molecule has 1 fully saturated rings. The first-order chi connectivity index (χ1) is 14.6. The van der Waals surface area contributed by atoms with E-state index in [1.807, 2.05) is 12.1 Å². The summed E-state index contributed by atoms with van der Waals surface area (Å²) in [6.07, 6.45) is 4.31. The quantitative estimate of drug-likeness (QED) is 0.667. The average molecular weight is 413 g/mol. The number of nitrogens with one attached hydrogen (secondary N) is 2. The molecule has 0 unspecified atom stereocenters. The highest BCUT2D eigenvalue weighted by Crippen LogP contribution is 2.32. The van der Waals surface area contributed by atoms with Crippen molar-refractivity contribution in [2.45, 2.75) is 44.8 Å². The lowest BCUT2D eigenvalue weighted by molar-refractivity contribution is 0.0949. The van der Waals surface area contributed by atoms with E-state index < -0.39 is 11.5 Å². The zero-order chi connectivity index (χ0) is 20.9. The Hall–Kier alpha value is -2.84. The SMILES string of the molecule is O=C(NCc1ccc2c(c1)OCO2)c1ccc(CN2CCCCC[C@@H]2CO)[nH]c1=O. The van der Waals surface area contributed by atoms with Crippen LogP contribution in [0.3, 0.4) is 0 Å². The first-order valence-electron chi connectivity index (χ1n) is 10.4. The molecule has 0 bridgehead atoms. The minimum absolute atomic E-state index is 0.0778. The van der Waals surface area contributed by atoms with Crippen molar-refractivity contribution in [3.05, 3.63) is 57.5 Å². The van der Waals surface area contributed by atoms with Gasteiger partial charge < -0.3 is 24.9 Å². The van der Waals surface area contributed by atoms with Crippen LogP contribution < -0.4 is 20.3 Å². The largest absolute Gasteiger partial charge is 0.454 e. The summed E-state index contributed by atoms with van der Waals surface area (Å²) in [5, 5.41) is 12.4. The number of benzene rings is 1. The second-order valence-electron chi connectivity index (χ2n) is 7.75. The Labute approximate surface area is 174 Å². The highest BCUT2D eigenvalue weighted by molar-refractivity contribution is 5.93. The number of hydrogen-bond acceptors (Lipinski definition) is 6. The van der Waals surface area contributed by atoms with E-state index in [-0.39, 0.29) is 31.5 Å². The summed E-state index contributed by atoms with van der Waals surface area (Å²) >= 11 is 0. The van der Waals surface area contributed by atoms with Crippen molar-refractivity contribution < 1.29 is 19.4 Å². The Morgan fingerprint density at radius 2 is 2.03 bits per heavy atom. The first kappa shape index (κ1) is 20.4. The lowest BCUT2D eigenvalue weighted by Crippen LogP contribution is -2.38. The summed E-state index contributed by atoms with van der Waals surface area (Å²) in [6.45, 7) is 2.04. The maximum absolute atomic E-state index is 12.5. The zero-order valence-corrected chi connectivity index (χ0v) is 16.9. The molecule has 8 heteroatoms. The van der Waals surface area contributed by atoms with Crippen LogP contribution in [0.2, 0.25) is 0 Å². The van der Waals surface area contributed by atoms with E-state index in [1.54, 1.807) is 18.2 Å². The summed E-state index contributed by atoms with van der Waals surface area (Å²) in [4.78, 5) is 30.0. The van der Waals surface area contributed by atoms with Crippen LogP contribution in [0.1, 0.15) is 47.3 Å². The molecule has 30 heavy (non-hydrogen) atoms. The number of ether oxygens (including phenoxy) is 2. The third-order valence-corrected chi connectivity index (χ3v) is 5.69. The maximum Gasteiger partial charge on any atom is 0.261 e. The van der Waals surface area contributed by atoms with Crippen molar-refractivity contribution in [3.63, 3.8) is 0 Å². The molecule has 1 amide bonds. The van der Waals surface area contributed by atoms with Gasteiger partial charge in [-0.05, 0) is 49.2 Å². The number of aromatic amines is 1. The first-order valence-corrected chi connectivity index (χ1v) is 10.4. The van der Waals surface area contributed by atoms with E-state index in [2.05, 4.69) is 15.2 Å². The third kappa shape index (κ3) is 4.66. The van der Waals surface area contributed by atoms with E-state index in [0.29, 0.717) is 18.0 Å².